The largest absolute Gasteiger partial charge is 0.325 e. The number of benzene rings is 3. The molecule has 3 aromatic carbocycles. The third kappa shape index (κ3) is 3.87. The molecule has 5 rings (SSSR count). The highest BCUT2D eigenvalue weighted by molar-refractivity contribution is 6.31. The van der Waals surface area contributed by atoms with Crippen LogP contribution in [0.1, 0.15) is 5.56 Å². The third-order valence-electron chi connectivity index (χ3n) is 5.48. The number of carbonyl (C=O) groups is 1. The van der Waals surface area contributed by atoms with E-state index in [0.717, 1.165) is 10.9 Å². The van der Waals surface area contributed by atoms with Gasteiger partial charge < -0.3 is 9.88 Å². The average Bonchev–Trinajstić information content (AvgIpc) is 3.13. The summed E-state index contributed by atoms with van der Waals surface area (Å²) in [6.45, 7) is 0.0652. The number of nitrogens with one attached hydrogen (secondary N) is 1. The molecule has 0 aliphatic rings. The summed E-state index contributed by atoms with van der Waals surface area (Å²) in [5, 5.41) is 3.89. The fourth-order valence-electron chi connectivity index (χ4n) is 3.93. The van der Waals surface area contributed by atoms with Crippen molar-refractivity contribution in [2.45, 2.75) is 13.1 Å². The molecule has 8 heteroatoms. The molecule has 5 aromatic rings. The second-order valence-electron chi connectivity index (χ2n) is 7.60. The van der Waals surface area contributed by atoms with Gasteiger partial charge >= 0.3 is 0 Å². The summed E-state index contributed by atoms with van der Waals surface area (Å²) < 4.78 is 17.1. The second-order valence-corrected chi connectivity index (χ2v) is 8.00. The van der Waals surface area contributed by atoms with E-state index in [1.54, 1.807) is 22.8 Å². The Morgan fingerprint density at radius 3 is 2.55 bits per heavy atom. The summed E-state index contributed by atoms with van der Waals surface area (Å²) in [5.41, 5.74) is 2.06. The number of amides is 1. The molecule has 0 bridgehead atoms. The highest BCUT2D eigenvalue weighted by Gasteiger charge is 2.19. The van der Waals surface area contributed by atoms with Gasteiger partial charge in [-0.1, -0.05) is 60.1 Å². The molecule has 33 heavy (non-hydrogen) atoms. The molecule has 2 heterocycles. The van der Waals surface area contributed by atoms with Gasteiger partial charge in [0, 0.05) is 10.4 Å². The van der Waals surface area contributed by atoms with Crippen molar-refractivity contribution in [1.82, 2.24) is 14.1 Å². The normalized spacial score (nSPS) is 11.2. The van der Waals surface area contributed by atoms with Gasteiger partial charge in [-0.15, -0.1) is 0 Å². The summed E-state index contributed by atoms with van der Waals surface area (Å²) in [5.74, 6) is -0.986. The number of anilines is 1. The first kappa shape index (κ1) is 20.9. The number of rotatable bonds is 5. The lowest BCUT2D eigenvalue weighted by Crippen LogP contribution is -2.25. The second kappa shape index (κ2) is 8.52. The SMILES string of the molecule is O=C(Cn1c2ccccc2c2ncn(Cc3ccccc3Cl)c(=O)c21)Nc1ccccc1F. The lowest BCUT2D eigenvalue weighted by atomic mass is 10.2. The molecule has 0 saturated carbocycles. The number of fused-ring (bicyclic) bond motifs is 3. The van der Waals surface area contributed by atoms with Gasteiger partial charge in [-0.05, 0) is 29.8 Å². The molecule has 6 nitrogen and oxygen atoms in total. The molecular formula is C25H18ClFN4O2. The molecule has 0 unspecified atom stereocenters. The zero-order valence-corrected chi connectivity index (χ0v) is 18.1. The number of aromatic nitrogens is 3. The predicted octanol–water partition coefficient (Wildman–Crippen LogP) is 4.83. The van der Waals surface area contributed by atoms with E-state index in [2.05, 4.69) is 10.3 Å². The first-order chi connectivity index (χ1) is 16.0. The minimum absolute atomic E-state index is 0.0810. The molecule has 2 aromatic heterocycles. The van der Waals surface area contributed by atoms with E-state index >= 15 is 0 Å². The molecule has 0 radical (unpaired) electrons. The Labute approximate surface area is 192 Å². The van der Waals surface area contributed by atoms with Crippen LogP contribution < -0.4 is 10.9 Å². The lowest BCUT2D eigenvalue weighted by molar-refractivity contribution is -0.116. The molecule has 0 aliphatic carbocycles. The van der Waals surface area contributed by atoms with Gasteiger partial charge in [0.25, 0.3) is 5.56 Å². The van der Waals surface area contributed by atoms with Crippen LogP contribution in [0.25, 0.3) is 21.9 Å². The number of carbonyl (C=O) groups excluding carboxylic acids is 1. The maximum atomic E-state index is 14.0. The van der Waals surface area contributed by atoms with Crippen LogP contribution in [0.4, 0.5) is 10.1 Å². The van der Waals surface area contributed by atoms with Crippen molar-refractivity contribution in [2.24, 2.45) is 0 Å². The monoisotopic (exact) mass is 460 g/mol. The van der Waals surface area contributed by atoms with Crippen molar-refractivity contribution >= 4 is 45.1 Å². The number of hydrogen-bond acceptors (Lipinski definition) is 3. The van der Waals surface area contributed by atoms with Crippen LogP contribution in [0.15, 0.2) is 83.9 Å². The van der Waals surface area contributed by atoms with Crippen LogP contribution in [0, 0.1) is 5.82 Å². The summed E-state index contributed by atoms with van der Waals surface area (Å²) in [4.78, 5) is 30.8. The van der Waals surface area contributed by atoms with E-state index in [9.17, 15) is 14.0 Å². The van der Waals surface area contributed by atoms with Crippen LogP contribution in [-0.2, 0) is 17.9 Å². The van der Waals surface area contributed by atoms with Crippen LogP contribution in [0.5, 0.6) is 0 Å². The molecule has 1 amide bonds. The fraction of sp³-hybridized carbons (Fsp3) is 0.0800. The van der Waals surface area contributed by atoms with Crippen molar-refractivity contribution in [3.63, 3.8) is 0 Å². The van der Waals surface area contributed by atoms with Crippen molar-refractivity contribution in [3.05, 3.63) is 106 Å². The molecule has 1 N–H and O–H groups in total. The Bertz CT molecular complexity index is 1570. The van der Waals surface area contributed by atoms with Crippen molar-refractivity contribution < 1.29 is 9.18 Å². The third-order valence-corrected chi connectivity index (χ3v) is 5.85. The number of hydrogen-bond donors (Lipinski definition) is 1. The molecular weight excluding hydrogens is 443 g/mol. The van der Waals surface area contributed by atoms with Crippen LogP contribution >= 0.6 is 11.6 Å². The van der Waals surface area contributed by atoms with Crippen LogP contribution in [-0.4, -0.2) is 20.0 Å². The van der Waals surface area contributed by atoms with Gasteiger partial charge in [-0.25, -0.2) is 9.37 Å². The fourth-order valence-corrected chi connectivity index (χ4v) is 4.13. The first-order valence-electron chi connectivity index (χ1n) is 10.3. The average molecular weight is 461 g/mol. The Kier molecular flexibility index (Phi) is 5.40. The first-order valence-corrected chi connectivity index (χ1v) is 10.6. The number of para-hydroxylation sites is 2. The number of halogens is 2. The highest BCUT2D eigenvalue weighted by atomic mass is 35.5. The van der Waals surface area contributed by atoms with E-state index in [4.69, 9.17) is 11.6 Å². The van der Waals surface area contributed by atoms with E-state index in [-0.39, 0.29) is 24.3 Å². The molecule has 0 spiro atoms. The Hall–Kier alpha value is -3.97. The topological polar surface area (TPSA) is 68.9 Å². The van der Waals surface area contributed by atoms with E-state index in [0.29, 0.717) is 21.6 Å². The van der Waals surface area contributed by atoms with Gasteiger partial charge in [0.15, 0.2) is 0 Å². The van der Waals surface area contributed by atoms with E-state index < -0.39 is 11.7 Å². The quantitative estimate of drug-likeness (QED) is 0.408. The smallest absolute Gasteiger partial charge is 0.278 e. The van der Waals surface area contributed by atoms with E-state index in [1.165, 1.54) is 23.0 Å². The summed E-state index contributed by atoms with van der Waals surface area (Å²) in [6, 6.07) is 20.6. The standard InChI is InChI=1S/C25H18ClFN4O2/c26-18-9-3-1-7-16(18)13-30-15-28-23-17-8-2-6-12-21(17)31(24(23)25(30)33)14-22(32)29-20-11-5-4-10-19(20)27/h1-12,15H,13-14H2,(H,29,32). The minimum Gasteiger partial charge on any atom is -0.325 e. The number of nitrogens with zero attached hydrogens (tertiary/aromatic N) is 3. The Morgan fingerprint density at radius 1 is 1.00 bits per heavy atom. The van der Waals surface area contributed by atoms with Crippen molar-refractivity contribution in [3.8, 4) is 0 Å². The van der Waals surface area contributed by atoms with Gasteiger partial charge in [-0.2, -0.15) is 0 Å². The predicted molar refractivity (Wildman–Crippen MR) is 127 cm³/mol. The van der Waals surface area contributed by atoms with Gasteiger partial charge in [-0.3, -0.25) is 14.2 Å². The molecule has 0 saturated heterocycles. The van der Waals surface area contributed by atoms with Gasteiger partial charge in [0.2, 0.25) is 5.91 Å². The summed E-state index contributed by atoms with van der Waals surface area (Å²) in [7, 11) is 0. The highest BCUT2D eigenvalue weighted by Crippen LogP contribution is 2.26. The Balaban J connectivity index is 1.60. The zero-order chi connectivity index (χ0) is 22.9. The molecule has 0 aliphatic heterocycles. The van der Waals surface area contributed by atoms with Crippen LogP contribution in [0.3, 0.4) is 0 Å². The minimum atomic E-state index is -0.531. The molecule has 0 fully saturated rings. The summed E-state index contributed by atoms with van der Waals surface area (Å²) >= 11 is 6.27. The van der Waals surface area contributed by atoms with Crippen molar-refractivity contribution in [2.75, 3.05) is 5.32 Å². The molecule has 164 valence electrons. The van der Waals surface area contributed by atoms with Crippen molar-refractivity contribution in [1.29, 1.82) is 0 Å². The Morgan fingerprint density at radius 2 is 1.73 bits per heavy atom. The van der Waals surface area contributed by atoms with E-state index in [1.807, 2.05) is 42.5 Å². The molecule has 0 atom stereocenters. The van der Waals surface area contributed by atoms with Gasteiger partial charge in [0.05, 0.1) is 24.1 Å². The zero-order valence-electron chi connectivity index (χ0n) is 17.3. The maximum Gasteiger partial charge on any atom is 0.278 e. The maximum absolute atomic E-state index is 14.0. The lowest BCUT2D eigenvalue weighted by Gasteiger charge is -2.11. The summed E-state index contributed by atoms with van der Waals surface area (Å²) in [6.07, 6.45) is 1.49. The van der Waals surface area contributed by atoms with Gasteiger partial charge in [0.1, 0.15) is 23.4 Å². The van der Waals surface area contributed by atoms with Crippen LogP contribution in [0.2, 0.25) is 5.02 Å².